The van der Waals surface area contributed by atoms with E-state index in [0.29, 0.717) is 6.42 Å². The smallest absolute Gasteiger partial charge is 0.450 e. The van der Waals surface area contributed by atoms with Crippen LogP contribution >= 0.6 is 0 Å². The van der Waals surface area contributed by atoms with Crippen molar-refractivity contribution in [3.8, 4) is 11.3 Å². The number of aromatic amines is 1. The fourth-order valence-corrected chi connectivity index (χ4v) is 2.79. The number of hydrogen-bond acceptors (Lipinski definition) is 5. The van der Waals surface area contributed by atoms with E-state index in [9.17, 15) is 4.79 Å². The Bertz CT molecular complexity index is 826. The summed E-state index contributed by atoms with van der Waals surface area (Å²) in [5.74, 6) is 0. The zero-order valence-electron chi connectivity index (χ0n) is 13.3. The molecule has 3 heterocycles. The molecule has 3 aromatic rings. The van der Waals surface area contributed by atoms with Gasteiger partial charge in [-0.3, -0.25) is 4.68 Å². The van der Waals surface area contributed by atoms with Crippen molar-refractivity contribution in [2.24, 2.45) is 0 Å². The van der Waals surface area contributed by atoms with Crippen LogP contribution in [0.5, 0.6) is 0 Å². The Morgan fingerprint density at radius 2 is 2.29 bits per heavy atom. The average molecular weight is 329 g/mol. The van der Waals surface area contributed by atoms with Crippen molar-refractivity contribution in [3.63, 3.8) is 0 Å². The van der Waals surface area contributed by atoms with E-state index in [1.807, 2.05) is 23.1 Å². The molecule has 0 spiro atoms. The molecule has 0 aliphatic heterocycles. The number of nitrogens with zero attached hydrogens (tertiary/aromatic N) is 4. The molecule has 1 unspecified atom stereocenters. The standard InChI is InChI=1S/C16H19N5O3/c1-2-3-12(5-7-24-16(22)23)21-9-11(8-20-21)14-13-4-6-17-15(13)19-10-18-14/h4,6,8-10,12H,2-3,5,7H2,1H3,(H,22,23)(H,17,18,19). The van der Waals surface area contributed by atoms with Gasteiger partial charge < -0.3 is 14.8 Å². The number of H-pyrrole nitrogens is 1. The molecule has 3 rings (SSSR count). The predicted molar refractivity (Wildman–Crippen MR) is 87.6 cm³/mol. The van der Waals surface area contributed by atoms with Crippen molar-refractivity contribution in [1.29, 1.82) is 0 Å². The Kier molecular flexibility index (Phi) is 4.74. The molecule has 2 N–H and O–H groups in total. The molecule has 3 aromatic heterocycles. The van der Waals surface area contributed by atoms with E-state index >= 15 is 0 Å². The van der Waals surface area contributed by atoms with Crippen LogP contribution in [0.4, 0.5) is 4.79 Å². The van der Waals surface area contributed by atoms with Crippen molar-refractivity contribution < 1.29 is 14.6 Å². The van der Waals surface area contributed by atoms with Crippen molar-refractivity contribution in [2.75, 3.05) is 6.61 Å². The summed E-state index contributed by atoms with van der Waals surface area (Å²) in [4.78, 5) is 22.1. The minimum absolute atomic E-state index is 0.0895. The van der Waals surface area contributed by atoms with E-state index in [0.717, 1.165) is 35.1 Å². The van der Waals surface area contributed by atoms with Crippen LogP contribution in [-0.2, 0) is 4.74 Å². The molecular weight excluding hydrogens is 310 g/mol. The molecule has 24 heavy (non-hydrogen) atoms. The summed E-state index contributed by atoms with van der Waals surface area (Å²) in [6.45, 7) is 2.24. The van der Waals surface area contributed by atoms with Crippen molar-refractivity contribution in [3.05, 3.63) is 31.0 Å². The summed E-state index contributed by atoms with van der Waals surface area (Å²) in [6, 6.07) is 2.03. The molecule has 8 heteroatoms. The Balaban J connectivity index is 1.82. The van der Waals surface area contributed by atoms with Crippen LogP contribution in [0.25, 0.3) is 22.3 Å². The molecule has 0 aliphatic rings. The Hall–Kier alpha value is -2.90. The van der Waals surface area contributed by atoms with Gasteiger partial charge in [-0.05, 0) is 12.5 Å². The Labute approximate surface area is 138 Å². The maximum atomic E-state index is 10.5. The van der Waals surface area contributed by atoms with E-state index in [-0.39, 0.29) is 12.6 Å². The van der Waals surface area contributed by atoms with Gasteiger partial charge in [0.1, 0.15) is 12.0 Å². The molecule has 1 atom stereocenters. The summed E-state index contributed by atoms with van der Waals surface area (Å²) in [7, 11) is 0. The fourth-order valence-electron chi connectivity index (χ4n) is 2.79. The van der Waals surface area contributed by atoms with Gasteiger partial charge in [0.05, 0.1) is 24.5 Å². The lowest BCUT2D eigenvalue weighted by molar-refractivity contribution is 0.0856. The van der Waals surface area contributed by atoms with Gasteiger partial charge in [-0.2, -0.15) is 5.10 Å². The predicted octanol–water partition coefficient (Wildman–Crippen LogP) is 3.25. The van der Waals surface area contributed by atoms with Gasteiger partial charge in [0.2, 0.25) is 0 Å². The summed E-state index contributed by atoms with van der Waals surface area (Å²) < 4.78 is 6.50. The molecule has 0 saturated carbocycles. The van der Waals surface area contributed by atoms with Crippen LogP contribution in [0.3, 0.4) is 0 Å². The van der Waals surface area contributed by atoms with Gasteiger partial charge in [-0.25, -0.2) is 14.8 Å². The maximum absolute atomic E-state index is 10.5. The zero-order valence-corrected chi connectivity index (χ0v) is 13.3. The van der Waals surface area contributed by atoms with Gasteiger partial charge in [0, 0.05) is 29.8 Å². The number of carboxylic acid groups (broad SMARTS) is 1. The maximum Gasteiger partial charge on any atom is 0.505 e. The normalized spacial score (nSPS) is 12.4. The first-order valence-electron chi connectivity index (χ1n) is 7.87. The number of carbonyl (C=O) groups is 1. The summed E-state index contributed by atoms with van der Waals surface area (Å²) >= 11 is 0. The number of aromatic nitrogens is 5. The second-order valence-corrected chi connectivity index (χ2v) is 5.52. The van der Waals surface area contributed by atoms with Crippen LogP contribution in [0, 0.1) is 0 Å². The SMILES string of the molecule is CCCC(CCOC(=O)O)n1cc(-c2ncnc3[nH]ccc23)cn1. The highest BCUT2D eigenvalue weighted by molar-refractivity contribution is 5.89. The van der Waals surface area contributed by atoms with Gasteiger partial charge in [0.15, 0.2) is 0 Å². The van der Waals surface area contributed by atoms with Crippen LogP contribution in [0.15, 0.2) is 31.0 Å². The Morgan fingerprint density at radius 1 is 1.42 bits per heavy atom. The highest BCUT2D eigenvalue weighted by Crippen LogP contribution is 2.26. The first kappa shape index (κ1) is 16.0. The quantitative estimate of drug-likeness (QED) is 0.645. The summed E-state index contributed by atoms with van der Waals surface area (Å²) in [6.07, 6.45) is 8.28. The highest BCUT2D eigenvalue weighted by Gasteiger charge is 2.15. The molecule has 0 bridgehead atoms. The molecule has 0 fully saturated rings. The summed E-state index contributed by atoms with van der Waals surface area (Å²) in [5, 5.41) is 14.0. The lowest BCUT2D eigenvalue weighted by Crippen LogP contribution is -2.13. The van der Waals surface area contributed by atoms with Crippen LogP contribution in [0.2, 0.25) is 0 Å². The van der Waals surface area contributed by atoms with E-state index < -0.39 is 6.16 Å². The van der Waals surface area contributed by atoms with Gasteiger partial charge in [0.25, 0.3) is 0 Å². The monoisotopic (exact) mass is 329 g/mol. The lowest BCUT2D eigenvalue weighted by atomic mass is 10.1. The van der Waals surface area contributed by atoms with E-state index in [4.69, 9.17) is 5.11 Å². The van der Waals surface area contributed by atoms with Gasteiger partial charge in [-0.1, -0.05) is 13.3 Å². The molecule has 0 radical (unpaired) electrons. The molecular formula is C16H19N5O3. The fraction of sp³-hybridized carbons (Fsp3) is 0.375. The molecule has 0 amide bonds. The van der Waals surface area contributed by atoms with Gasteiger partial charge >= 0.3 is 6.16 Å². The molecule has 0 aliphatic carbocycles. The third kappa shape index (κ3) is 3.37. The molecule has 126 valence electrons. The second kappa shape index (κ2) is 7.12. The van der Waals surface area contributed by atoms with E-state index in [1.165, 1.54) is 6.33 Å². The molecule has 0 aromatic carbocycles. The number of nitrogens with one attached hydrogen (secondary N) is 1. The first-order valence-corrected chi connectivity index (χ1v) is 7.87. The second-order valence-electron chi connectivity index (χ2n) is 5.52. The number of fused-ring (bicyclic) bond motifs is 1. The van der Waals surface area contributed by atoms with Gasteiger partial charge in [-0.15, -0.1) is 0 Å². The third-order valence-corrected chi connectivity index (χ3v) is 3.90. The topological polar surface area (TPSA) is 106 Å². The number of rotatable bonds is 7. The summed E-state index contributed by atoms with van der Waals surface area (Å²) in [5.41, 5.74) is 2.51. The largest absolute Gasteiger partial charge is 0.505 e. The lowest BCUT2D eigenvalue weighted by Gasteiger charge is -2.16. The number of ether oxygens (including phenoxy) is 1. The molecule has 8 nitrogen and oxygen atoms in total. The van der Waals surface area contributed by atoms with E-state index in [2.05, 4.69) is 31.7 Å². The van der Waals surface area contributed by atoms with Crippen molar-refractivity contribution >= 4 is 17.2 Å². The minimum atomic E-state index is -1.25. The Morgan fingerprint density at radius 3 is 3.08 bits per heavy atom. The third-order valence-electron chi connectivity index (χ3n) is 3.90. The first-order chi connectivity index (χ1) is 11.7. The van der Waals surface area contributed by atoms with Crippen molar-refractivity contribution in [2.45, 2.75) is 32.2 Å². The van der Waals surface area contributed by atoms with Crippen LogP contribution in [0.1, 0.15) is 32.2 Å². The zero-order chi connectivity index (χ0) is 16.9. The van der Waals surface area contributed by atoms with Crippen LogP contribution < -0.4 is 0 Å². The number of hydrogen-bond donors (Lipinski definition) is 2. The minimum Gasteiger partial charge on any atom is -0.450 e. The average Bonchev–Trinajstić information content (AvgIpc) is 3.22. The van der Waals surface area contributed by atoms with Crippen molar-refractivity contribution in [1.82, 2.24) is 24.7 Å². The highest BCUT2D eigenvalue weighted by atomic mass is 16.7. The van der Waals surface area contributed by atoms with E-state index in [1.54, 1.807) is 6.20 Å². The molecule has 0 saturated heterocycles. The van der Waals surface area contributed by atoms with Crippen LogP contribution in [-0.4, -0.2) is 42.6 Å².